The number of hydrogen-bond acceptors (Lipinski definition) is 1. The monoisotopic (exact) mass is 266 g/mol. The summed E-state index contributed by atoms with van der Waals surface area (Å²) in [7, 11) is 0. The highest BCUT2D eigenvalue weighted by atomic mass is 16.1. The summed E-state index contributed by atoms with van der Waals surface area (Å²) in [5.74, 6) is 0.851. The number of rotatable bonds is 5. The Morgan fingerprint density at radius 1 is 1.00 bits per heavy atom. The second kappa shape index (κ2) is 6.90. The maximum atomic E-state index is 12.2. The van der Waals surface area contributed by atoms with E-state index in [1.165, 1.54) is 0 Å². The lowest BCUT2D eigenvalue weighted by Crippen LogP contribution is -2.31. The van der Waals surface area contributed by atoms with Gasteiger partial charge in [0.25, 0.3) is 0 Å². The van der Waals surface area contributed by atoms with Crippen molar-refractivity contribution in [3.05, 3.63) is 77.7 Å². The van der Waals surface area contributed by atoms with E-state index < -0.39 is 0 Å². The molecular weight excluding hydrogens is 246 g/mol. The normalized spacial score (nSPS) is 12.2. The van der Waals surface area contributed by atoms with Crippen molar-refractivity contribution in [2.24, 2.45) is 0 Å². The molecule has 1 radical (unpaired) electrons. The average Bonchev–Trinajstić information content (AvgIpc) is 2.49. The number of carbonyl (C=O) groups excluding carboxylic acids is 1. The summed E-state index contributed by atoms with van der Waals surface area (Å²) in [6.45, 7) is 3.89. The number of benzene rings is 2. The molecule has 103 valence electrons. The molecule has 1 amide bonds. The first-order valence-corrected chi connectivity index (χ1v) is 6.89. The summed E-state index contributed by atoms with van der Waals surface area (Å²) in [5, 5.41) is 3.04. The summed E-state index contributed by atoms with van der Waals surface area (Å²) in [5.41, 5.74) is 2.28. The van der Waals surface area contributed by atoms with Crippen LogP contribution < -0.4 is 5.32 Å². The van der Waals surface area contributed by atoms with Crippen LogP contribution in [0.1, 0.15) is 31.0 Å². The van der Waals surface area contributed by atoms with Crippen molar-refractivity contribution in [2.45, 2.75) is 26.3 Å². The molecule has 0 fully saturated rings. The van der Waals surface area contributed by atoms with Gasteiger partial charge in [-0.2, -0.15) is 0 Å². The van der Waals surface area contributed by atoms with Gasteiger partial charge in [-0.05, 0) is 31.4 Å². The highest BCUT2D eigenvalue weighted by Gasteiger charge is 2.17. The van der Waals surface area contributed by atoms with Gasteiger partial charge in [-0.1, -0.05) is 60.7 Å². The first-order valence-electron chi connectivity index (χ1n) is 6.89. The van der Waals surface area contributed by atoms with E-state index in [0.29, 0.717) is 6.42 Å². The fourth-order valence-corrected chi connectivity index (χ4v) is 2.13. The lowest BCUT2D eigenvalue weighted by Gasteiger charge is -2.17. The zero-order valence-electron chi connectivity index (χ0n) is 12.0. The number of nitrogens with one attached hydrogen (secondary N) is 1. The molecule has 1 unspecified atom stereocenters. The standard InChI is InChI=1S/C18H20NO/c1-14(13-16-9-5-3-6-10-16)18(20)19-15(2)17-11-7-4-8-12-17/h3-12,15H,13H2,1-2H3,(H,19,20). The van der Waals surface area contributed by atoms with Gasteiger partial charge in [-0.25, -0.2) is 0 Å². The quantitative estimate of drug-likeness (QED) is 0.878. The van der Waals surface area contributed by atoms with Crippen molar-refractivity contribution < 1.29 is 4.79 Å². The Morgan fingerprint density at radius 2 is 1.55 bits per heavy atom. The Labute approximate surface area is 120 Å². The molecule has 20 heavy (non-hydrogen) atoms. The van der Waals surface area contributed by atoms with E-state index in [0.717, 1.165) is 17.0 Å². The highest BCUT2D eigenvalue weighted by Crippen LogP contribution is 2.15. The van der Waals surface area contributed by atoms with Crippen LogP contribution >= 0.6 is 0 Å². The van der Waals surface area contributed by atoms with Crippen LogP contribution in [-0.2, 0) is 11.2 Å². The molecule has 2 nitrogen and oxygen atoms in total. The van der Waals surface area contributed by atoms with Crippen LogP contribution in [0.4, 0.5) is 0 Å². The van der Waals surface area contributed by atoms with Gasteiger partial charge in [0.15, 0.2) is 0 Å². The topological polar surface area (TPSA) is 29.1 Å². The molecule has 0 saturated carbocycles. The van der Waals surface area contributed by atoms with Crippen molar-refractivity contribution in [3.63, 3.8) is 0 Å². The Balaban J connectivity index is 1.91. The molecule has 2 aromatic carbocycles. The maximum absolute atomic E-state index is 12.2. The third-order valence-electron chi connectivity index (χ3n) is 3.35. The van der Waals surface area contributed by atoms with Crippen LogP contribution in [0.3, 0.4) is 0 Å². The van der Waals surface area contributed by atoms with Crippen LogP contribution in [0.2, 0.25) is 0 Å². The summed E-state index contributed by atoms with van der Waals surface area (Å²) in [6, 6.07) is 20.1. The molecule has 2 heteroatoms. The average molecular weight is 266 g/mol. The molecule has 0 aliphatic heterocycles. The molecule has 0 spiro atoms. The second-order valence-corrected chi connectivity index (χ2v) is 5.05. The Morgan fingerprint density at radius 3 is 2.15 bits per heavy atom. The van der Waals surface area contributed by atoms with Crippen LogP contribution in [0, 0.1) is 5.92 Å². The summed E-state index contributed by atoms with van der Waals surface area (Å²) < 4.78 is 0. The van der Waals surface area contributed by atoms with Crippen molar-refractivity contribution in [2.75, 3.05) is 0 Å². The molecule has 2 aromatic rings. The molecule has 0 bridgehead atoms. The molecular formula is C18H20NO. The SMILES string of the molecule is C[C](Cc1ccccc1)C(=O)NC(C)c1ccccc1. The largest absolute Gasteiger partial charge is 0.349 e. The highest BCUT2D eigenvalue weighted by molar-refractivity contribution is 5.90. The Kier molecular flexibility index (Phi) is 4.94. The second-order valence-electron chi connectivity index (χ2n) is 5.05. The minimum Gasteiger partial charge on any atom is -0.349 e. The Bertz CT molecular complexity index is 536. The first kappa shape index (κ1) is 14.3. The zero-order chi connectivity index (χ0) is 14.4. The third kappa shape index (κ3) is 3.95. The molecule has 0 saturated heterocycles. The predicted octanol–water partition coefficient (Wildman–Crippen LogP) is 3.70. The van der Waals surface area contributed by atoms with Gasteiger partial charge in [0.2, 0.25) is 5.91 Å². The van der Waals surface area contributed by atoms with E-state index in [1.807, 2.05) is 74.5 Å². The molecule has 1 atom stereocenters. The third-order valence-corrected chi connectivity index (χ3v) is 3.35. The van der Waals surface area contributed by atoms with Gasteiger partial charge < -0.3 is 5.32 Å². The van der Waals surface area contributed by atoms with Gasteiger partial charge in [-0.15, -0.1) is 0 Å². The summed E-state index contributed by atoms with van der Waals surface area (Å²) in [4.78, 5) is 12.2. The van der Waals surface area contributed by atoms with Gasteiger partial charge in [0, 0.05) is 0 Å². The number of hydrogen-bond donors (Lipinski definition) is 1. The Hall–Kier alpha value is -2.09. The van der Waals surface area contributed by atoms with Crippen molar-refractivity contribution in [1.82, 2.24) is 5.32 Å². The van der Waals surface area contributed by atoms with Crippen molar-refractivity contribution >= 4 is 5.91 Å². The van der Waals surface area contributed by atoms with Gasteiger partial charge in [-0.3, -0.25) is 4.79 Å². The number of carbonyl (C=O) groups is 1. The van der Waals surface area contributed by atoms with Crippen LogP contribution in [-0.4, -0.2) is 5.91 Å². The van der Waals surface area contributed by atoms with E-state index in [1.54, 1.807) is 0 Å². The lowest BCUT2D eigenvalue weighted by atomic mass is 9.99. The fraction of sp³-hybridized carbons (Fsp3) is 0.222. The fourth-order valence-electron chi connectivity index (χ4n) is 2.13. The van der Waals surface area contributed by atoms with Gasteiger partial charge >= 0.3 is 0 Å². The van der Waals surface area contributed by atoms with Gasteiger partial charge in [0.05, 0.1) is 12.0 Å². The van der Waals surface area contributed by atoms with E-state index in [4.69, 9.17) is 0 Å². The predicted molar refractivity (Wildman–Crippen MR) is 82.1 cm³/mol. The molecule has 0 aromatic heterocycles. The van der Waals surface area contributed by atoms with E-state index >= 15 is 0 Å². The summed E-state index contributed by atoms with van der Waals surface area (Å²) >= 11 is 0. The van der Waals surface area contributed by atoms with E-state index in [9.17, 15) is 4.79 Å². The first-order chi connectivity index (χ1) is 9.66. The van der Waals surface area contributed by atoms with Crippen LogP contribution in [0.25, 0.3) is 0 Å². The zero-order valence-corrected chi connectivity index (χ0v) is 12.0. The molecule has 2 rings (SSSR count). The van der Waals surface area contributed by atoms with Crippen LogP contribution in [0.5, 0.6) is 0 Å². The molecule has 1 N–H and O–H groups in total. The smallest absolute Gasteiger partial charge is 0.227 e. The maximum Gasteiger partial charge on any atom is 0.227 e. The lowest BCUT2D eigenvalue weighted by molar-refractivity contribution is -0.120. The van der Waals surface area contributed by atoms with E-state index in [2.05, 4.69) is 5.32 Å². The van der Waals surface area contributed by atoms with Crippen LogP contribution in [0.15, 0.2) is 60.7 Å². The van der Waals surface area contributed by atoms with E-state index in [-0.39, 0.29) is 11.9 Å². The minimum atomic E-state index is 0.0187. The molecule has 0 heterocycles. The van der Waals surface area contributed by atoms with Gasteiger partial charge in [0.1, 0.15) is 0 Å². The molecule has 0 aliphatic rings. The summed E-state index contributed by atoms with van der Waals surface area (Å²) in [6.07, 6.45) is 0.689. The van der Waals surface area contributed by atoms with Crippen molar-refractivity contribution in [1.29, 1.82) is 0 Å². The van der Waals surface area contributed by atoms with Crippen molar-refractivity contribution in [3.8, 4) is 0 Å². The molecule has 0 aliphatic carbocycles. The minimum absolute atomic E-state index is 0.0187. The number of amides is 1.